The Bertz CT molecular complexity index is 823. The Hall–Kier alpha value is -2.86. The molecule has 0 radical (unpaired) electrons. The minimum absolute atomic E-state index is 0.0379. The molecule has 3 atom stereocenters. The largest absolute Gasteiger partial charge is 0.394 e. The molecular formula is C23H29N3O3. The molecule has 154 valence electrons. The standard InChI is InChI=1S/C23H29N3O3/c1-3-13-24-23(29)26-20(14-25-16(2)28)22(21(26)15-27)19-11-9-18(10-12-19)17-7-5-4-6-8-17/h4-12,20-22,27H,3,13-15H2,1-2H3,(H,24,29)(H,25,28)/t20-,21+,22+/m1/s1. The summed E-state index contributed by atoms with van der Waals surface area (Å²) < 4.78 is 0. The number of amides is 3. The number of likely N-dealkylation sites (tertiary alicyclic amines) is 1. The zero-order chi connectivity index (χ0) is 20.8. The molecule has 2 aromatic rings. The number of nitrogens with zero attached hydrogens (tertiary/aromatic N) is 1. The van der Waals surface area contributed by atoms with Crippen LogP contribution in [0.25, 0.3) is 11.1 Å². The van der Waals surface area contributed by atoms with Gasteiger partial charge in [0, 0.05) is 25.9 Å². The minimum Gasteiger partial charge on any atom is -0.394 e. The molecule has 29 heavy (non-hydrogen) atoms. The van der Waals surface area contributed by atoms with Crippen LogP contribution in [0.1, 0.15) is 31.7 Å². The van der Waals surface area contributed by atoms with E-state index in [9.17, 15) is 14.7 Å². The van der Waals surface area contributed by atoms with Gasteiger partial charge in [-0.25, -0.2) is 4.79 Å². The van der Waals surface area contributed by atoms with Gasteiger partial charge in [0.05, 0.1) is 18.7 Å². The first-order valence-corrected chi connectivity index (χ1v) is 10.1. The molecule has 3 rings (SSSR count). The smallest absolute Gasteiger partial charge is 0.318 e. The third-order valence-electron chi connectivity index (χ3n) is 5.45. The average molecular weight is 396 g/mol. The molecule has 0 saturated carbocycles. The van der Waals surface area contributed by atoms with Gasteiger partial charge >= 0.3 is 6.03 Å². The monoisotopic (exact) mass is 395 g/mol. The van der Waals surface area contributed by atoms with Gasteiger partial charge in [-0.15, -0.1) is 0 Å². The molecule has 1 fully saturated rings. The minimum atomic E-state index is -0.312. The number of rotatable bonds is 7. The van der Waals surface area contributed by atoms with E-state index < -0.39 is 0 Å². The number of hydrogen-bond acceptors (Lipinski definition) is 3. The van der Waals surface area contributed by atoms with Gasteiger partial charge in [-0.05, 0) is 23.1 Å². The van der Waals surface area contributed by atoms with E-state index in [1.807, 2.05) is 25.1 Å². The van der Waals surface area contributed by atoms with Crippen LogP contribution >= 0.6 is 0 Å². The number of urea groups is 1. The molecule has 1 aliphatic heterocycles. The highest BCUT2D eigenvalue weighted by atomic mass is 16.3. The van der Waals surface area contributed by atoms with Crippen LogP contribution in [0.4, 0.5) is 4.79 Å². The van der Waals surface area contributed by atoms with Crippen LogP contribution < -0.4 is 10.6 Å². The maximum absolute atomic E-state index is 12.6. The number of carbonyl (C=O) groups excluding carboxylic acids is 2. The molecule has 3 N–H and O–H groups in total. The van der Waals surface area contributed by atoms with Gasteiger partial charge in [0.2, 0.25) is 5.91 Å². The Labute approximate surface area is 171 Å². The van der Waals surface area contributed by atoms with Crippen molar-refractivity contribution in [3.05, 3.63) is 60.2 Å². The number of nitrogens with one attached hydrogen (secondary N) is 2. The second-order valence-corrected chi connectivity index (χ2v) is 7.41. The van der Waals surface area contributed by atoms with E-state index in [1.54, 1.807) is 4.90 Å². The predicted molar refractivity (Wildman–Crippen MR) is 113 cm³/mol. The zero-order valence-electron chi connectivity index (χ0n) is 17.0. The fourth-order valence-corrected chi connectivity index (χ4v) is 4.02. The van der Waals surface area contributed by atoms with Gasteiger partial charge in [0.15, 0.2) is 0 Å². The van der Waals surface area contributed by atoms with Gasteiger partial charge < -0.3 is 20.6 Å². The van der Waals surface area contributed by atoms with E-state index in [0.717, 1.165) is 23.1 Å². The van der Waals surface area contributed by atoms with E-state index >= 15 is 0 Å². The van der Waals surface area contributed by atoms with Crippen LogP contribution in [-0.4, -0.2) is 53.7 Å². The second-order valence-electron chi connectivity index (χ2n) is 7.41. The van der Waals surface area contributed by atoms with Crippen molar-refractivity contribution < 1.29 is 14.7 Å². The number of hydrogen-bond donors (Lipinski definition) is 3. The van der Waals surface area contributed by atoms with E-state index in [1.165, 1.54) is 6.92 Å². The Morgan fingerprint density at radius 1 is 0.966 bits per heavy atom. The van der Waals surface area contributed by atoms with Gasteiger partial charge in [-0.2, -0.15) is 0 Å². The SMILES string of the molecule is CCCNC(=O)N1[C@H](CNC(C)=O)[C@H](c2ccc(-c3ccccc3)cc2)[C@@H]1CO. The fourth-order valence-electron chi connectivity index (χ4n) is 4.02. The molecule has 1 saturated heterocycles. The summed E-state index contributed by atoms with van der Waals surface area (Å²) in [5.74, 6) is -0.173. The van der Waals surface area contributed by atoms with Crippen molar-refractivity contribution >= 4 is 11.9 Å². The lowest BCUT2D eigenvalue weighted by atomic mass is 9.75. The maximum atomic E-state index is 12.6. The second kappa shape index (κ2) is 9.56. The molecule has 3 amide bonds. The molecular weight excluding hydrogens is 366 g/mol. The van der Waals surface area contributed by atoms with Crippen LogP contribution in [0, 0.1) is 0 Å². The fraction of sp³-hybridized carbons (Fsp3) is 0.391. The Morgan fingerprint density at radius 2 is 1.62 bits per heavy atom. The molecule has 2 aromatic carbocycles. The Balaban J connectivity index is 1.82. The summed E-state index contributed by atoms with van der Waals surface area (Å²) in [6, 6.07) is 17.7. The third kappa shape index (κ3) is 4.59. The Morgan fingerprint density at radius 3 is 2.21 bits per heavy atom. The van der Waals surface area contributed by atoms with Gasteiger partial charge in [0.25, 0.3) is 0 Å². The first-order chi connectivity index (χ1) is 14.1. The highest BCUT2D eigenvalue weighted by molar-refractivity contribution is 5.77. The highest BCUT2D eigenvalue weighted by Crippen LogP contribution is 2.41. The van der Waals surface area contributed by atoms with E-state index in [4.69, 9.17) is 0 Å². The molecule has 0 aliphatic carbocycles. The van der Waals surface area contributed by atoms with Crippen LogP contribution in [0.15, 0.2) is 54.6 Å². The van der Waals surface area contributed by atoms with E-state index in [0.29, 0.717) is 13.1 Å². The summed E-state index contributed by atoms with van der Waals surface area (Å²) in [5, 5.41) is 15.7. The van der Waals surface area contributed by atoms with E-state index in [2.05, 4.69) is 47.0 Å². The van der Waals surface area contributed by atoms with Crippen molar-refractivity contribution in [2.75, 3.05) is 19.7 Å². The average Bonchev–Trinajstić information content (AvgIpc) is 2.72. The summed E-state index contributed by atoms with van der Waals surface area (Å²) in [7, 11) is 0. The summed E-state index contributed by atoms with van der Waals surface area (Å²) in [6.45, 7) is 4.27. The van der Waals surface area contributed by atoms with Crippen molar-refractivity contribution in [2.24, 2.45) is 0 Å². The molecule has 0 unspecified atom stereocenters. The predicted octanol–water partition coefficient (Wildman–Crippen LogP) is 2.74. The lowest BCUT2D eigenvalue weighted by Gasteiger charge is -2.54. The number of aliphatic hydroxyl groups is 1. The van der Waals surface area contributed by atoms with Crippen molar-refractivity contribution in [1.29, 1.82) is 0 Å². The molecule has 0 aromatic heterocycles. The molecule has 6 nitrogen and oxygen atoms in total. The number of carbonyl (C=O) groups is 2. The summed E-state index contributed by atoms with van der Waals surface area (Å²) in [4.78, 5) is 25.7. The van der Waals surface area contributed by atoms with Crippen LogP contribution in [0.2, 0.25) is 0 Å². The summed E-state index contributed by atoms with van der Waals surface area (Å²) in [6.07, 6.45) is 0.837. The third-order valence-corrected chi connectivity index (χ3v) is 5.45. The van der Waals surface area contributed by atoms with Crippen LogP contribution in [0.5, 0.6) is 0 Å². The summed E-state index contributed by atoms with van der Waals surface area (Å²) >= 11 is 0. The quantitative estimate of drug-likeness (QED) is 0.674. The lowest BCUT2D eigenvalue weighted by Crippen LogP contribution is -2.70. The van der Waals surface area contributed by atoms with Gasteiger partial charge in [0.1, 0.15) is 0 Å². The van der Waals surface area contributed by atoms with Crippen LogP contribution in [0.3, 0.4) is 0 Å². The Kier molecular flexibility index (Phi) is 6.88. The first kappa shape index (κ1) is 20.9. The lowest BCUT2D eigenvalue weighted by molar-refractivity contribution is -0.119. The number of aliphatic hydroxyl groups excluding tert-OH is 1. The van der Waals surface area contributed by atoms with Crippen molar-refractivity contribution in [3.63, 3.8) is 0 Å². The van der Waals surface area contributed by atoms with Crippen LogP contribution in [-0.2, 0) is 4.79 Å². The molecule has 1 heterocycles. The van der Waals surface area contributed by atoms with Crippen molar-refractivity contribution in [2.45, 2.75) is 38.3 Å². The van der Waals surface area contributed by atoms with Gasteiger partial charge in [-0.3, -0.25) is 4.79 Å². The van der Waals surface area contributed by atoms with Crippen molar-refractivity contribution in [1.82, 2.24) is 15.5 Å². The topological polar surface area (TPSA) is 81.7 Å². The molecule has 0 bridgehead atoms. The van der Waals surface area contributed by atoms with E-state index in [-0.39, 0.29) is 36.5 Å². The number of benzene rings is 2. The first-order valence-electron chi connectivity index (χ1n) is 10.1. The molecule has 6 heteroatoms. The zero-order valence-corrected chi connectivity index (χ0v) is 17.0. The summed E-state index contributed by atoms with van der Waals surface area (Å²) in [5.41, 5.74) is 3.31. The highest BCUT2D eigenvalue weighted by Gasteiger charge is 2.51. The van der Waals surface area contributed by atoms with Crippen molar-refractivity contribution in [3.8, 4) is 11.1 Å². The maximum Gasteiger partial charge on any atom is 0.318 e. The van der Waals surface area contributed by atoms with Gasteiger partial charge in [-0.1, -0.05) is 61.5 Å². The molecule has 0 spiro atoms. The molecule has 1 aliphatic rings. The normalized spacial score (nSPS) is 20.7.